The number of nitrogens with one attached hydrogen (secondary N) is 1. The van der Waals surface area contributed by atoms with Gasteiger partial charge in [-0.1, -0.05) is 36.4 Å². The molecule has 0 aromatic heterocycles. The van der Waals surface area contributed by atoms with E-state index in [0.717, 1.165) is 22.4 Å². The molecule has 2 aliphatic heterocycles. The van der Waals surface area contributed by atoms with Crippen LogP contribution in [0.15, 0.2) is 60.7 Å². The van der Waals surface area contributed by atoms with Crippen LogP contribution in [0.1, 0.15) is 29.0 Å². The summed E-state index contributed by atoms with van der Waals surface area (Å²) in [7, 11) is 1.62. The van der Waals surface area contributed by atoms with Gasteiger partial charge in [-0.25, -0.2) is 0 Å². The van der Waals surface area contributed by atoms with Gasteiger partial charge in [-0.2, -0.15) is 0 Å². The lowest BCUT2D eigenvalue weighted by atomic mass is 9.84. The van der Waals surface area contributed by atoms with Crippen molar-refractivity contribution in [2.24, 2.45) is 0 Å². The van der Waals surface area contributed by atoms with Gasteiger partial charge in [0, 0.05) is 24.1 Å². The fourth-order valence-electron chi connectivity index (χ4n) is 4.05. The molecule has 0 spiro atoms. The quantitative estimate of drug-likeness (QED) is 0.661. The largest absolute Gasteiger partial charge is 0.493 e. The molecule has 0 fully saturated rings. The molecule has 2 aliphatic rings. The Hall–Kier alpha value is -3.67. The minimum Gasteiger partial charge on any atom is -0.493 e. The normalized spacial score (nSPS) is 16.8. The van der Waals surface area contributed by atoms with E-state index in [0.29, 0.717) is 49.2 Å². The van der Waals surface area contributed by atoms with Gasteiger partial charge in [-0.05, 0) is 34.9 Å². The Morgan fingerprint density at radius 1 is 0.968 bits per heavy atom. The molecule has 0 saturated carbocycles. The number of rotatable bonds is 5. The standard InChI is InChI=1S/C25H23NO5/c1-28-22-11-17(7-8-21(22)31-15-16-5-3-2-4-6-16)18-13-25(27)26-20-14-24-23(12-19(18)20)29-9-10-30-24/h2-8,11-12,14,18H,9-10,13,15H2,1H3,(H,26,27). The molecule has 0 saturated heterocycles. The predicted molar refractivity (Wildman–Crippen MR) is 116 cm³/mol. The molecular formula is C25H23NO5. The van der Waals surface area contributed by atoms with Crippen molar-refractivity contribution in [1.82, 2.24) is 0 Å². The van der Waals surface area contributed by atoms with E-state index in [1.807, 2.05) is 60.7 Å². The van der Waals surface area contributed by atoms with Crippen LogP contribution in [0.4, 0.5) is 5.69 Å². The van der Waals surface area contributed by atoms with Crippen molar-refractivity contribution in [2.45, 2.75) is 18.9 Å². The van der Waals surface area contributed by atoms with Gasteiger partial charge in [-0.3, -0.25) is 4.79 Å². The number of anilines is 1. The summed E-state index contributed by atoms with van der Waals surface area (Å²) in [6.07, 6.45) is 0.347. The first-order valence-corrected chi connectivity index (χ1v) is 10.3. The van der Waals surface area contributed by atoms with E-state index in [1.54, 1.807) is 7.11 Å². The third-order valence-electron chi connectivity index (χ3n) is 5.58. The summed E-state index contributed by atoms with van der Waals surface area (Å²) < 4.78 is 23.0. The molecule has 3 aromatic rings. The first-order chi connectivity index (χ1) is 15.2. The molecule has 1 amide bonds. The van der Waals surface area contributed by atoms with Gasteiger partial charge in [-0.15, -0.1) is 0 Å². The van der Waals surface area contributed by atoms with Gasteiger partial charge in [0.15, 0.2) is 23.0 Å². The lowest BCUT2D eigenvalue weighted by Crippen LogP contribution is -2.24. The van der Waals surface area contributed by atoms with Crippen molar-refractivity contribution in [3.8, 4) is 23.0 Å². The van der Waals surface area contributed by atoms with Crippen LogP contribution in [0.2, 0.25) is 0 Å². The average Bonchev–Trinajstić information content (AvgIpc) is 2.81. The zero-order valence-corrected chi connectivity index (χ0v) is 17.2. The monoisotopic (exact) mass is 417 g/mol. The average molecular weight is 417 g/mol. The number of ether oxygens (including phenoxy) is 4. The summed E-state index contributed by atoms with van der Waals surface area (Å²) in [4.78, 5) is 12.4. The highest BCUT2D eigenvalue weighted by molar-refractivity contribution is 5.96. The number of amides is 1. The van der Waals surface area contributed by atoms with E-state index in [2.05, 4.69) is 5.32 Å². The minimum absolute atomic E-state index is 0.0300. The molecule has 0 radical (unpaired) electrons. The maximum Gasteiger partial charge on any atom is 0.225 e. The Kier molecular flexibility index (Phi) is 5.12. The van der Waals surface area contributed by atoms with Crippen LogP contribution < -0.4 is 24.3 Å². The molecule has 0 aliphatic carbocycles. The van der Waals surface area contributed by atoms with Gasteiger partial charge in [0.05, 0.1) is 7.11 Å². The van der Waals surface area contributed by atoms with Crippen LogP contribution in [0.25, 0.3) is 0 Å². The van der Waals surface area contributed by atoms with E-state index in [-0.39, 0.29) is 11.8 Å². The number of carbonyl (C=O) groups is 1. The fourth-order valence-corrected chi connectivity index (χ4v) is 4.05. The van der Waals surface area contributed by atoms with Crippen LogP contribution in [0, 0.1) is 0 Å². The second kappa shape index (κ2) is 8.22. The van der Waals surface area contributed by atoms with Crippen LogP contribution in [0.3, 0.4) is 0 Å². The Bertz CT molecular complexity index is 1110. The molecule has 31 heavy (non-hydrogen) atoms. The molecule has 1 N–H and O–H groups in total. The highest BCUT2D eigenvalue weighted by Gasteiger charge is 2.30. The molecule has 6 nitrogen and oxygen atoms in total. The fraction of sp³-hybridized carbons (Fsp3) is 0.240. The summed E-state index contributed by atoms with van der Waals surface area (Å²) in [5, 5.41) is 2.96. The molecule has 1 atom stereocenters. The first kappa shape index (κ1) is 19.3. The summed E-state index contributed by atoms with van der Waals surface area (Å²) in [6.45, 7) is 1.48. The van der Waals surface area contributed by atoms with Crippen molar-refractivity contribution in [3.63, 3.8) is 0 Å². The van der Waals surface area contributed by atoms with Crippen molar-refractivity contribution < 1.29 is 23.7 Å². The van der Waals surface area contributed by atoms with Gasteiger partial charge >= 0.3 is 0 Å². The number of fused-ring (bicyclic) bond motifs is 2. The minimum atomic E-state index is -0.114. The Morgan fingerprint density at radius 2 is 1.74 bits per heavy atom. The summed E-state index contributed by atoms with van der Waals surface area (Å²) in [5.74, 6) is 2.53. The van der Waals surface area contributed by atoms with E-state index < -0.39 is 0 Å². The molecule has 158 valence electrons. The molecule has 5 rings (SSSR count). The van der Waals surface area contributed by atoms with E-state index in [4.69, 9.17) is 18.9 Å². The van der Waals surface area contributed by atoms with Crippen molar-refractivity contribution >= 4 is 11.6 Å². The lowest BCUT2D eigenvalue weighted by Gasteiger charge is -2.29. The van der Waals surface area contributed by atoms with E-state index >= 15 is 0 Å². The topological polar surface area (TPSA) is 66.0 Å². The van der Waals surface area contributed by atoms with Crippen LogP contribution >= 0.6 is 0 Å². The number of hydrogen-bond acceptors (Lipinski definition) is 5. The third-order valence-corrected chi connectivity index (χ3v) is 5.58. The van der Waals surface area contributed by atoms with Crippen molar-refractivity contribution in [3.05, 3.63) is 77.4 Å². The summed E-state index contributed by atoms with van der Waals surface area (Å²) in [5.41, 5.74) is 3.83. The number of hydrogen-bond donors (Lipinski definition) is 1. The van der Waals surface area contributed by atoms with Crippen molar-refractivity contribution in [1.29, 1.82) is 0 Å². The van der Waals surface area contributed by atoms with Crippen molar-refractivity contribution in [2.75, 3.05) is 25.6 Å². The predicted octanol–water partition coefficient (Wildman–Crippen LogP) is 4.52. The summed E-state index contributed by atoms with van der Waals surface area (Å²) in [6, 6.07) is 19.7. The molecule has 6 heteroatoms. The van der Waals surface area contributed by atoms with Gasteiger partial charge in [0.1, 0.15) is 19.8 Å². The maximum absolute atomic E-state index is 12.4. The lowest BCUT2D eigenvalue weighted by molar-refractivity contribution is -0.116. The Labute approximate surface area is 180 Å². The highest BCUT2D eigenvalue weighted by atomic mass is 16.6. The van der Waals surface area contributed by atoms with Crippen LogP contribution in [-0.4, -0.2) is 26.2 Å². The second-order valence-electron chi connectivity index (χ2n) is 7.57. The van der Waals surface area contributed by atoms with Crippen LogP contribution in [0.5, 0.6) is 23.0 Å². The van der Waals surface area contributed by atoms with E-state index in [1.165, 1.54) is 0 Å². The number of benzene rings is 3. The smallest absolute Gasteiger partial charge is 0.225 e. The van der Waals surface area contributed by atoms with Gasteiger partial charge in [0.2, 0.25) is 5.91 Å². The second-order valence-corrected chi connectivity index (χ2v) is 7.57. The number of carbonyl (C=O) groups excluding carboxylic acids is 1. The van der Waals surface area contributed by atoms with Gasteiger partial charge < -0.3 is 24.3 Å². The molecule has 0 bridgehead atoms. The van der Waals surface area contributed by atoms with Crippen LogP contribution in [-0.2, 0) is 11.4 Å². The summed E-state index contributed by atoms with van der Waals surface area (Å²) >= 11 is 0. The van der Waals surface area contributed by atoms with E-state index in [9.17, 15) is 4.79 Å². The molecule has 1 unspecified atom stereocenters. The van der Waals surface area contributed by atoms with Gasteiger partial charge in [0.25, 0.3) is 0 Å². The zero-order chi connectivity index (χ0) is 21.2. The molecule has 2 heterocycles. The number of methoxy groups -OCH3 is 1. The molecular weight excluding hydrogens is 394 g/mol. The molecule has 3 aromatic carbocycles. The third kappa shape index (κ3) is 3.89. The SMILES string of the molecule is COc1cc(C2CC(=O)Nc3cc4c(cc32)OCCO4)ccc1OCc1ccccc1. The maximum atomic E-state index is 12.4. The Morgan fingerprint density at radius 3 is 2.52 bits per heavy atom. The first-order valence-electron chi connectivity index (χ1n) is 10.3. The zero-order valence-electron chi connectivity index (χ0n) is 17.2. The Balaban J connectivity index is 1.45. The highest BCUT2D eigenvalue weighted by Crippen LogP contribution is 2.45.